The van der Waals surface area contributed by atoms with Gasteiger partial charge in [-0.25, -0.2) is 0 Å². The van der Waals surface area contributed by atoms with E-state index in [0.717, 1.165) is 26.1 Å². The van der Waals surface area contributed by atoms with E-state index in [9.17, 15) is 9.59 Å². The van der Waals surface area contributed by atoms with Gasteiger partial charge >= 0.3 is 142 Å². The number of ketones is 1. The molecule has 0 radical (unpaired) electrons. The third-order valence-corrected chi connectivity index (χ3v) is 5.86. The van der Waals surface area contributed by atoms with E-state index >= 15 is 0 Å². The Hall–Kier alpha value is -0.445. The third kappa shape index (κ3) is 3.60. The van der Waals surface area contributed by atoms with E-state index in [2.05, 4.69) is 0 Å². The molecule has 2 rings (SSSR count). The normalized spacial score (nSPS) is 16.6. The zero-order valence-corrected chi connectivity index (χ0v) is 15.7. The Kier molecular flexibility index (Phi) is 5.59. The molecule has 1 heterocycles. The van der Waals surface area contributed by atoms with Gasteiger partial charge in [0.1, 0.15) is 0 Å². The summed E-state index contributed by atoms with van der Waals surface area (Å²) < 4.78 is 5.95. The number of carbonyl (C=O) groups is 1. The van der Waals surface area contributed by atoms with Crippen LogP contribution in [0.15, 0.2) is 21.4 Å². The molecule has 0 N–H and O–H groups in total. The standard InChI is InChI=1S/C16H19O3.La/c1-11-10-19-16(18)15(12(11)2)14(17)9-8-13-6-4-3-5-7-13;/h8-9,13H,3-7H2,1-2H3;/b9-8+;. The van der Waals surface area contributed by atoms with Crippen LogP contribution in [0.2, 0.25) is 0 Å². The van der Waals surface area contributed by atoms with Crippen LogP contribution in [0, 0.1) is 53.5 Å². The van der Waals surface area contributed by atoms with Crippen molar-refractivity contribution in [2.45, 2.75) is 46.0 Å². The predicted octanol–water partition coefficient (Wildman–Crippen LogP) is 2.75. The average molecular weight is 398 g/mol. The van der Waals surface area contributed by atoms with Crippen molar-refractivity contribution in [1.29, 1.82) is 0 Å². The molecule has 0 spiro atoms. The van der Waals surface area contributed by atoms with E-state index in [-0.39, 0.29) is 11.3 Å². The van der Waals surface area contributed by atoms with Crippen LogP contribution in [-0.2, 0) is 0 Å². The summed E-state index contributed by atoms with van der Waals surface area (Å²) in [6.07, 6.45) is 9.62. The number of carbonyl (C=O) groups excluding carboxylic acids is 1. The Morgan fingerprint density at radius 3 is 2.50 bits per heavy atom. The van der Waals surface area contributed by atoms with E-state index in [0.29, 0.717) is 39.6 Å². The van der Waals surface area contributed by atoms with Gasteiger partial charge in [-0.1, -0.05) is 0 Å². The number of allylic oxidation sites excluding steroid dienone is 2. The summed E-state index contributed by atoms with van der Waals surface area (Å²) in [5.41, 5.74) is 1.45. The van der Waals surface area contributed by atoms with E-state index in [1.165, 1.54) is 19.3 Å². The SMILES string of the molecule is Cc1[c]([La])oc(=O)c(C(=O)/C=C/C2CCCCC2)c1C. The van der Waals surface area contributed by atoms with Gasteiger partial charge in [-0.05, 0) is 0 Å². The van der Waals surface area contributed by atoms with Crippen LogP contribution < -0.4 is 7.79 Å². The van der Waals surface area contributed by atoms with E-state index in [4.69, 9.17) is 4.42 Å². The summed E-state index contributed by atoms with van der Waals surface area (Å²) in [7, 11) is 0. The second-order valence-corrected chi connectivity index (χ2v) is 7.15. The van der Waals surface area contributed by atoms with Crippen LogP contribution in [0.25, 0.3) is 0 Å². The van der Waals surface area contributed by atoms with Crippen LogP contribution in [0.3, 0.4) is 0 Å². The predicted molar refractivity (Wildman–Crippen MR) is 74.1 cm³/mol. The summed E-state index contributed by atoms with van der Waals surface area (Å²) >= 11 is 0.466. The Labute approximate surface area is 141 Å². The fraction of sp³-hybridized carbons (Fsp3) is 0.500. The molecule has 104 valence electrons. The van der Waals surface area contributed by atoms with Crippen molar-refractivity contribution in [3.63, 3.8) is 0 Å². The molecule has 1 aliphatic rings. The molecular formula is C16H19LaO3. The second kappa shape index (κ2) is 7.01. The molecule has 1 saturated carbocycles. The zero-order chi connectivity index (χ0) is 14.7. The van der Waals surface area contributed by atoms with Crippen LogP contribution in [0.4, 0.5) is 0 Å². The Morgan fingerprint density at radius 2 is 1.85 bits per heavy atom. The minimum absolute atomic E-state index is 0.207. The molecule has 0 atom stereocenters. The van der Waals surface area contributed by atoms with Crippen molar-refractivity contribution in [3.8, 4) is 0 Å². The fourth-order valence-electron chi connectivity index (χ4n) is 2.67. The molecule has 0 amide bonds. The van der Waals surface area contributed by atoms with Gasteiger partial charge < -0.3 is 0 Å². The Morgan fingerprint density at radius 1 is 1.20 bits per heavy atom. The molecule has 1 aliphatic carbocycles. The van der Waals surface area contributed by atoms with Gasteiger partial charge in [0.05, 0.1) is 0 Å². The van der Waals surface area contributed by atoms with Gasteiger partial charge in [0, 0.05) is 0 Å². The van der Waals surface area contributed by atoms with Gasteiger partial charge in [-0.2, -0.15) is 0 Å². The van der Waals surface area contributed by atoms with Crippen molar-refractivity contribution in [3.05, 3.63) is 39.3 Å². The molecule has 0 saturated heterocycles. The molecular weight excluding hydrogens is 379 g/mol. The first-order valence-corrected chi connectivity index (χ1v) is 8.94. The van der Waals surface area contributed by atoms with Crippen LogP contribution in [0.5, 0.6) is 0 Å². The fourth-order valence-corrected chi connectivity index (χ4v) is 3.69. The quantitative estimate of drug-likeness (QED) is 0.581. The molecule has 0 unspecified atom stereocenters. The first-order valence-electron chi connectivity index (χ1n) is 7.13. The monoisotopic (exact) mass is 398 g/mol. The molecule has 0 bridgehead atoms. The van der Waals surface area contributed by atoms with E-state index < -0.39 is 5.63 Å². The summed E-state index contributed by atoms with van der Waals surface area (Å²) in [6, 6.07) is 0. The van der Waals surface area contributed by atoms with Gasteiger partial charge in [0.25, 0.3) is 0 Å². The molecule has 20 heavy (non-hydrogen) atoms. The Balaban J connectivity index is 2.23. The molecule has 1 aromatic heterocycles. The molecule has 1 fully saturated rings. The number of rotatable bonds is 3. The Bertz CT molecular complexity index is 592. The molecule has 4 heteroatoms. The van der Waals surface area contributed by atoms with Crippen LogP contribution in [-0.4, -0.2) is 5.78 Å². The number of hydrogen-bond acceptors (Lipinski definition) is 3. The third-order valence-electron chi connectivity index (χ3n) is 4.13. The molecule has 1 aromatic rings. The summed E-state index contributed by atoms with van der Waals surface area (Å²) in [4.78, 5) is 24.2. The van der Waals surface area contributed by atoms with Gasteiger partial charge in [0.2, 0.25) is 0 Å². The van der Waals surface area contributed by atoms with Crippen LogP contribution in [0.1, 0.15) is 53.6 Å². The van der Waals surface area contributed by atoms with Gasteiger partial charge in [-0.3, -0.25) is 0 Å². The van der Waals surface area contributed by atoms with Crippen LogP contribution >= 0.6 is 0 Å². The summed E-state index contributed by atoms with van der Waals surface area (Å²) in [5, 5.41) is 0. The van der Waals surface area contributed by atoms with Crippen molar-refractivity contribution in [1.82, 2.24) is 0 Å². The second-order valence-electron chi connectivity index (χ2n) is 5.50. The van der Waals surface area contributed by atoms with E-state index in [1.54, 1.807) is 6.08 Å². The molecule has 0 aliphatic heterocycles. The molecule has 0 aromatic carbocycles. The van der Waals surface area contributed by atoms with Crippen molar-refractivity contribution < 1.29 is 42.9 Å². The van der Waals surface area contributed by atoms with Gasteiger partial charge in [0.15, 0.2) is 0 Å². The van der Waals surface area contributed by atoms with Crippen molar-refractivity contribution >= 4 is 7.95 Å². The zero-order valence-electron chi connectivity index (χ0n) is 12.1. The maximum atomic E-state index is 12.3. The van der Waals surface area contributed by atoms with Gasteiger partial charge in [-0.15, -0.1) is 0 Å². The van der Waals surface area contributed by atoms with E-state index in [1.807, 2.05) is 19.9 Å². The first kappa shape index (κ1) is 15.9. The summed E-state index contributed by atoms with van der Waals surface area (Å²) in [6.45, 7) is 3.75. The number of hydrogen-bond donors (Lipinski definition) is 0. The summed E-state index contributed by atoms with van der Waals surface area (Å²) in [5.74, 6) is 0.274. The van der Waals surface area contributed by atoms with Crippen molar-refractivity contribution in [2.75, 3.05) is 0 Å². The maximum absolute atomic E-state index is 12.3. The average Bonchev–Trinajstić information content (AvgIpc) is 2.44. The van der Waals surface area contributed by atoms with Crippen molar-refractivity contribution in [2.24, 2.45) is 5.92 Å². The minimum atomic E-state index is -0.483. The topological polar surface area (TPSA) is 47.3 Å². The first-order chi connectivity index (χ1) is 9.50. The molecule has 3 nitrogen and oxygen atoms in total.